The molecule has 0 amide bonds. The van der Waals surface area contributed by atoms with E-state index in [1.54, 1.807) is 24.4 Å². The number of sulfonamides is 1. The summed E-state index contributed by atoms with van der Waals surface area (Å²) in [6.07, 6.45) is 4.55. The summed E-state index contributed by atoms with van der Waals surface area (Å²) in [5.41, 5.74) is 0.480. The summed E-state index contributed by atoms with van der Waals surface area (Å²) in [5, 5.41) is 0.0203. The number of nitrogens with one attached hydrogen (secondary N) is 1. The number of fused-ring (bicyclic) bond motifs is 1. The van der Waals surface area contributed by atoms with Crippen LogP contribution in [-0.2, 0) is 10.0 Å². The average molecular weight is 328 g/mol. The standard InChI is InChI=1S/C14H18ClN3O2S/c1-14(2)8-5-6-10(14)17-21(19,20)13-12(15)16-11-7-3-4-9-18(11)13/h3-4,7,9-10,17H,5-6,8H2,1-2H3. The Morgan fingerprint density at radius 2 is 2.19 bits per heavy atom. The normalized spacial score (nSPS) is 22.0. The van der Waals surface area contributed by atoms with Gasteiger partial charge in [-0.15, -0.1) is 0 Å². The second-order valence-electron chi connectivity index (χ2n) is 6.19. The van der Waals surface area contributed by atoms with Crippen LogP contribution in [0.5, 0.6) is 0 Å². The number of halogens is 1. The van der Waals surface area contributed by atoms with Crippen LogP contribution in [0.3, 0.4) is 0 Å². The molecule has 1 fully saturated rings. The number of aromatic nitrogens is 2. The molecule has 0 bridgehead atoms. The first-order chi connectivity index (χ1) is 9.81. The molecule has 2 aromatic rings. The van der Waals surface area contributed by atoms with E-state index in [1.807, 2.05) is 0 Å². The minimum Gasteiger partial charge on any atom is -0.288 e. The van der Waals surface area contributed by atoms with E-state index in [2.05, 4.69) is 23.6 Å². The molecule has 0 aromatic carbocycles. The first-order valence-corrected chi connectivity index (χ1v) is 8.82. The van der Waals surface area contributed by atoms with Gasteiger partial charge in [0.25, 0.3) is 10.0 Å². The lowest BCUT2D eigenvalue weighted by Crippen LogP contribution is -2.41. The molecule has 7 heteroatoms. The molecule has 1 N–H and O–H groups in total. The number of nitrogens with zero attached hydrogens (tertiary/aromatic N) is 2. The van der Waals surface area contributed by atoms with Gasteiger partial charge in [0.2, 0.25) is 0 Å². The number of pyridine rings is 1. The largest absolute Gasteiger partial charge is 0.288 e. The van der Waals surface area contributed by atoms with Crippen molar-refractivity contribution in [3.05, 3.63) is 29.5 Å². The molecular weight excluding hydrogens is 310 g/mol. The maximum Gasteiger partial charge on any atom is 0.260 e. The number of hydrogen-bond donors (Lipinski definition) is 1. The van der Waals surface area contributed by atoms with Gasteiger partial charge < -0.3 is 0 Å². The number of rotatable bonds is 3. The van der Waals surface area contributed by atoms with Gasteiger partial charge in [-0.3, -0.25) is 4.40 Å². The SMILES string of the molecule is CC1(C)CCCC1NS(=O)(=O)c1c(Cl)nc2ccccn12. The molecule has 21 heavy (non-hydrogen) atoms. The van der Waals surface area contributed by atoms with E-state index in [0.717, 1.165) is 19.3 Å². The van der Waals surface area contributed by atoms with Crippen LogP contribution in [0.2, 0.25) is 5.15 Å². The molecule has 3 rings (SSSR count). The average Bonchev–Trinajstić information content (AvgIpc) is 2.88. The molecule has 0 spiro atoms. The summed E-state index contributed by atoms with van der Waals surface area (Å²) in [5.74, 6) is 0. The third-order valence-electron chi connectivity index (χ3n) is 4.26. The van der Waals surface area contributed by atoms with E-state index < -0.39 is 10.0 Å². The highest BCUT2D eigenvalue weighted by atomic mass is 35.5. The first-order valence-electron chi connectivity index (χ1n) is 6.96. The Morgan fingerprint density at radius 3 is 2.86 bits per heavy atom. The zero-order chi connectivity index (χ0) is 15.3. The maximum absolute atomic E-state index is 12.7. The molecule has 114 valence electrons. The Labute approximate surface area is 129 Å². The van der Waals surface area contributed by atoms with Gasteiger partial charge in [-0.1, -0.05) is 37.9 Å². The van der Waals surface area contributed by atoms with Crippen LogP contribution in [0.25, 0.3) is 5.65 Å². The van der Waals surface area contributed by atoms with E-state index in [1.165, 1.54) is 4.40 Å². The third-order valence-corrected chi connectivity index (χ3v) is 6.13. The molecule has 5 nitrogen and oxygen atoms in total. The third kappa shape index (κ3) is 2.56. The summed E-state index contributed by atoms with van der Waals surface area (Å²) in [4.78, 5) is 4.10. The molecule has 1 saturated carbocycles. The highest BCUT2D eigenvalue weighted by Gasteiger charge is 2.38. The van der Waals surface area contributed by atoms with Crippen LogP contribution in [0, 0.1) is 5.41 Å². The van der Waals surface area contributed by atoms with Crippen LogP contribution >= 0.6 is 11.6 Å². The van der Waals surface area contributed by atoms with Gasteiger partial charge in [0, 0.05) is 12.2 Å². The summed E-state index contributed by atoms with van der Waals surface area (Å²) in [6.45, 7) is 4.17. The quantitative estimate of drug-likeness (QED) is 0.942. The molecule has 1 atom stereocenters. The predicted molar refractivity (Wildman–Crippen MR) is 81.9 cm³/mol. The van der Waals surface area contributed by atoms with Crippen LogP contribution < -0.4 is 4.72 Å². The van der Waals surface area contributed by atoms with Crippen molar-refractivity contribution in [2.24, 2.45) is 5.41 Å². The minimum absolute atomic E-state index is 0.00417. The topological polar surface area (TPSA) is 63.5 Å². The Balaban J connectivity index is 2.03. The van der Waals surface area contributed by atoms with Crippen LogP contribution in [0.1, 0.15) is 33.1 Å². The molecule has 2 aromatic heterocycles. The summed E-state index contributed by atoms with van der Waals surface area (Å²) >= 11 is 6.06. The fourth-order valence-electron chi connectivity index (χ4n) is 2.97. The lowest BCUT2D eigenvalue weighted by atomic mass is 9.88. The van der Waals surface area contributed by atoms with E-state index in [4.69, 9.17) is 11.6 Å². The summed E-state index contributed by atoms with van der Waals surface area (Å²) in [6, 6.07) is 5.20. The van der Waals surface area contributed by atoms with Crippen molar-refractivity contribution in [2.45, 2.75) is 44.2 Å². The van der Waals surface area contributed by atoms with E-state index in [9.17, 15) is 8.42 Å². The first kappa shape index (κ1) is 14.8. The van der Waals surface area contributed by atoms with Crippen molar-refractivity contribution in [1.29, 1.82) is 0 Å². The van der Waals surface area contributed by atoms with Crippen molar-refractivity contribution in [3.63, 3.8) is 0 Å². The van der Waals surface area contributed by atoms with Gasteiger partial charge in [0.15, 0.2) is 10.2 Å². The van der Waals surface area contributed by atoms with Crippen molar-refractivity contribution < 1.29 is 8.42 Å². The van der Waals surface area contributed by atoms with Gasteiger partial charge in [0.05, 0.1) is 0 Å². The molecule has 1 aliphatic carbocycles. The molecule has 1 aliphatic rings. The van der Waals surface area contributed by atoms with E-state index >= 15 is 0 Å². The molecule has 0 radical (unpaired) electrons. The minimum atomic E-state index is -3.71. The van der Waals surface area contributed by atoms with Gasteiger partial charge >= 0.3 is 0 Å². The number of hydrogen-bond acceptors (Lipinski definition) is 3. The number of imidazole rings is 1. The van der Waals surface area contributed by atoms with Crippen molar-refractivity contribution in [1.82, 2.24) is 14.1 Å². The fourth-order valence-corrected chi connectivity index (χ4v) is 5.06. The summed E-state index contributed by atoms with van der Waals surface area (Å²) in [7, 11) is -3.71. The Hall–Kier alpha value is -1.11. The van der Waals surface area contributed by atoms with Gasteiger partial charge in [-0.05, 0) is 30.4 Å². The highest BCUT2D eigenvalue weighted by molar-refractivity contribution is 7.89. The smallest absolute Gasteiger partial charge is 0.260 e. The van der Waals surface area contributed by atoms with E-state index in [0.29, 0.717) is 5.65 Å². The molecule has 0 saturated heterocycles. The second kappa shape index (κ2) is 4.97. The van der Waals surface area contributed by atoms with Gasteiger partial charge in [-0.25, -0.2) is 18.1 Å². The zero-order valence-corrected chi connectivity index (χ0v) is 13.6. The lowest BCUT2D eigenvalue weighted by Gasteiger charge is -2.27. The zero-order valence-electron chi connectivity index (χ0n) is 12.0. The van der Waals surface area contributed by atoms with Crippen LogP contribution in [0.4, 0.5) is 0 Å². The molecular formula is C14H18ClN3O2S. The lowest BCUT2D eigenvalue weighted by molar-refractivity contribution is 0.312. The Kier molecular flexibility index (Phi) is 3.50. The fraction of sp³-hybridized carbons (Fsp3) is 0.500. The maximum atomic E-state index is 12.7. The van der Waals surface area contributed by atoms with Gasteiger partial charge in [0.1, 0.15) is 5.65 Å². The van der Waals surface area contributed by atoms with Crippen molar-refractivity contribution in [2.75, 3.05) is 0 Å². The molecule has 2 heterocycles. The second-order valence-corrected chi connectivity index (χ2v) is 8.18. The molecule has 0 aliphatic heterocycles. The van der Waals surface area contributed by atoms with Crippen molar-refractivity contribution >= 4 is 27.3 Å². The monoisotopic (exact) mass is 327 g/mol. The Bertz CT molecular complexity index is 783. The van der Waals surface area contributed by atoms with E-state index in [-0.39, 0.29) is 21.6 Å². The molecule has 1 unspecified atom stereocenters. The van der Waals surface area contributed by atoms with Crippen LogP contribution in [0.15, 0.2) is 29.4 Å². The predicted octanol–water partition coefficient (Wildman–Crippen LogP) is 2.84. The Morgan fingerprint density at radius 1 is 1.43 bits per heavy atom. The van der Waals surface area contributed by atoms with Crippen molar-refractivity contribution in [3.8, 4) is 0 Å². The van der Waals surface area contributed by atoms with Gasteiger partial charge in [-0.2, -0.15) is 0 Å². The van der Waals surface area contributed by atoms with Crippen LogP contribution in [-0.4, -0.2) is 23.8 Å². The summed E-state index contributed by atoms with van der Waals surface area (Å²) < 4.78 is 29.7. The highest BCUT2D eigenvalue weighted by Crippen LogP contribution is 2.38.